The van der Waals surface area contributed by atoms with Gasteiger partial charge < -0.3 is 9.42 Å². The minimum absolute atomic E-state index is 0.0701. The first-order valence-corrected chi connectivity index (χ1v) is 9.33. The Morgan fingerprint density at radius 2 is 2.04 bits per heavy atom. The Labute approximate surface area is 158 Å². The largest absolute Gasteiger partial charge is 0.361 e. The molecule has 0 saturated heterocycles. The van der Waals surface area contributed by atoms with E-state index in [1.807, 2.05) is 37.3 Å². The van der Waals surface area contributed by atoms with Gasteiger partial charge in [-0.1, -0.05) is 33.2 Å². The molecule has 1 amide bonds. The number of thiophene rings is 1. The molecule has 0 aliphatic rings. The molecule has 3 aromatic rings. The monoisotopic (exact) mass is 416 g/mol. The average Bonchev–Trinajstić information content (AvgIpc) is 3.22. The number of rotatable bonds is 5. The Morgan fingerprint density at radius 3 is 2.72 bits per heavy atom. The topological polar surface area (TPSA) is 46.3 Å². The lowest BCUT2D eigenvalue weighted by molar-refractivity contribution is -0.125. The zero-order chi connectivity index (χ0) is 17.8. The maximum absolute atomic E-state index is 12.2. The van der Waals surface area contributed by atoms with Crippen LogP contribution in [-0.2, 0) is 11.3 Å². The van der Waals surface area contributed by atoms with Crippen LogP contribution in [0.4, 0.5) is 0 Å². The maximum atomic E-state index is 12.2. The summed E-state index contributed by atoms with van der Waals surface area (Å²) in [6.07, 6.45) is 3.43. The van der Waals surface area contributed by atoms with E-state index in [2.05, 4.69) is 39.3 Å². The third-order valence-corrected chi connectivity index (χ3v) is 5.23. The van der Waals surface area contributed by atoms with E-state index in [-0.39, 0.29) is 5.91 Å². The van der Waals surface area contributed by atoms with Gasteiger partial charge in [0.15, 0.2) is 0 Å². The number of benzene rings is 1. The second kappa shape index (κ2) is 7.80. The van der Waals surface area contributed by atoms with Crippen molar-refractivity contribution >= 4 is 39.2 Å². The summed E-state index contributed by atoms with van der Waals surface area (Å²) < 4.78 is 6.08. The van der Waals surface area contributed by atoms with Gasteiger partial charge in [-0.3, -0.25) is 4.79 Å². The number of nitrogens with zero attached hydrogens (tertiary/aromatic N) is 2. The van der Waals surface area contributed by atoms with Crippen molar-refractivity contribution in [3.63, 3.8) is 0 Å². The van der Waals surface area contributed by atoms with Crippen LogP contribution in [-0.4, -0.2) is 23.0 Å². The van der Waals surface area contributed by atoms with E-state index in [0.717, 1.165) is 26.4 Å². The zero-order valence-electron chi connectivity index (χ0n) is 13.9. The van der Waals surface area contributed by atoms with Gasteiger partial charge in [0.05, 0.1) is 6.54 Å². The average molecular weight is 417 g/mol. The van der Waals surface area contributed by atoms with Crippen LogP contribution in [0.15, 0.2) is 57.5 Å². The fraction of sp³-hybridized carbons (Fsp3) is 0.158. The Bertz CT molecular complexity index is 896. The number of hydrogen-bond acceptors (Lipinski definition) is 4. The first kappa shape index (κ1) is 17.6. The quantitative estimate of drug-likeness (QED) is 0.540. The number of halogens is 1. The van der Waals surface area contributed by atoms with E-state index >= 15 is 0 Å². The summed E-state index contributed by atoms with van der Waals surface area (Å²) in [5.74, 6) is 0.671. The van der Waals surface area contributed by atoms with Gasteiger partial charge in [-0.2, -0.15) is 0 Å². The van der Waals surface area contributed by atoms with Crippen molar-refractivity contribution in [2.75, 3.05) is 7.05 Å². The number of likely N-dealkylation sites (N-methyl/N-ethyl adjacent to an activating group) is 1. The van der Waals surface area contributed by atoms with Gasteiger partial charge in [0, 0.05) is 33.4 Å². The van der Waals surface area contributed by atoms with Crippen molar-refractivity contribution in [1.29, 1.82) is 0 Å². The van der Waals surface area contributed by atoms with E-state index < -0.39 is 0 Å². The van der Waals surface area contributed by atoms with E-state index in [1.54, 1.807) is 29.4 Å². The fourth-order valence-electron chi connectivity index (χ4n) is 2.31. The second-order valence-corrected chi connectivity index (χ2v) is 7.70. The highest BCUT2D eigenvalue weighted by Gasteiger charge is 2.09. The van der Waals surface area contributed by atoms with Crippen molar-refractivity contribution in [3.8, 4) is 10.4 Å². The highest BCUT2D eigenvalue weighted by Crippen LogP contribution is 2.29. The number of hydrogen-bond donors (Lipinski definition) is 0. The lowest BCUT2D eigenvalue weighted by Crippen LogP contribution is -2.24. The van der Waals surface area contributed by atoms with Gasteiger partial charge in [-0.25, -0.2) is 0 Å². The van der Waals surface area contributed by atoms with E-state index in [4.69, 9.17) is 4.52 Å². The van der Waals surface area contributed by atoms with Crippen molar-refractivity contribution in [3.05, 3.63) is 69.3 Å². The van der Waals surface area contributed by atoms with Crippen molar-refractivity contribution < 1.29 is 9.32 Å². The molecule has 0 fully saturated rings. The lowest BCUT2D eigenvalue weighted by atomic mass is 10.2. The summed E-state index contributed by atoms with van der Waals surface area (Å²) in [4.78, 5) is 16.0. The van der Waals surface area contributed by atoms with Gasteiger partial charge in [0.25, 0.3) is 0 Å². The molecule has 0 radical (unpaired) electrons. The molecule has 6 heteroatoms. The van der Waals surface area contributed by atoms with E-state index in [1.165, 1.54) is 4.88 Å². The molecule has 3 rings (SSSR count). The van der Waals surface area contributed by atoms with Gasteiger partial charge in [0.1, 0.15) is 11.5 Å². The number of aryl methyl sites for hydroxylation is 1. The van der Waals surface area contributed by atoms with Crippen LogP contribution in [0, 0.1) is 6.92 Å². The van der Waals surface area contributed by atoms with E-state index in [0.29, 0.717) is 6.54 Å². The molecule has 4 nitrogen and oxygen atoms in total. The number of carbonyl (C=O) groups excluding carboxylic acids is 1. The van der Waals surface area contributed by atoms with Crippen LogP contribution in [0.2, 0.25) is 0 Å². The van der Waals surface area contributed by atoms with Crippen LogP contribution in [0.1, 0.15) is 16.3 Å². The summed E-state index contributed by atoms with van der Waals surface area (Å²) in [7, 11) is 1.75. The highest BCUT2D eigenvalue weighted by atomic mass is 79.9. The SMILES string of the molecule is Cc1cc(CN(C)C(=O)/C=C/c2ccc(-c3ccc(Br)cc3)s2)no1. The standard InChI is InChI=1S/C19H17BrN2O2S/c1-13-11-16(21-24-13)12-22(2)19(23)10-8-17-7-9-18(25-17)14-3-5-15(20)6-4-14/h3-11H,12H2,1-2H3/b10-8+. The molecule has 0 aliphatic carbocycles. The summed E-state index contributed by atoms with van der Waals surface area (Å²) in [5, 5.41) is 3.91. The molecule has 0 N–H and O–H groups in total. The maximum Gasteiger partial charge on any atom is 0.246 e. The van der Waals surface area contributed by atoms with Crippen LogP contribution in [0.3, 0.4) is 0 Å². The van der Waals surface area contributed by atoms with Crippen molar-refractivity contribution in [2.24, 2.45) is 0 Å². The molecule has 25 heavy (non-hydrogen) atoms. The van der Waals surface area contributed by atoms with Gasteiger partial charge in [0.2, 0.25) is 5.91 Å². The lowest BCUT2D eigenvalue weighted by Gasteiger charge is -2.12. The normalized spacial score (nSPS) is 11.2. The molecule has 0 atom stereocenters. The van der Waals surface area contributed by atoms with Crippen molar-refractivity contribution in [2.45, 2.75) is 13.5 Å². The molecule has 0 unspecified atom stereocenters. The minimum atomic E-state index is -0.0701. The molecule has 1 aromatic carbocycles. The molecule has 2 aromatic heterocycles. The minimum Gasteiger partial charge on any atom is -0.361 e. The summed E-state index contributed by atoms with van der Waals surface area (Å²) >= 11 is 5.09. The summed E-state index contributed by atoms with van der Waals surface area (Å²) in [6.45, 7) is 2.26. The van der Waals surface area contributed by atoms with Gasteiger partial charge in [-0.15, -0.1) is 11.3 Å². The third kappa shape index (κ3) is 4.67. The second-order valence-electron chi connectivity index (χ2n) is 5.67. The first-order valence-electron chi connectivity index (χ1n) is 7.72. The van der Waals surface area contributed by atoms with Crippen LogP contribution in [0.5, 0.6) is 0 Å². The Hall–Kier alpha value is -2.18. The Morgan fingerprint density at radius 1 is 1.28 bits per heavy atom. The predicted molar refractivity (Wildman–Crippen MR) is 104 cm³/mol. The molecule has 0 aliphatic heterocycles. The fourth-order valence-corrected chi connectivity index (χ4v) is 3.49. The Kier molecular flexibility index (Phi) is 5.50. The summed E-state index contributed by atoms with van der Waals surface area (Å²) in [5.41, 5.74) is 1.91. The molecule has 0 bridgehead atoms. The first-order chi connectivity index (χ1) is 12.0. The molecule has 2 heterocycles. The number of carbonyl (C=O) groups is 1. The van der Waals surface area contributed by atoms with Crippen LogP contribution >= 0.6 is 27.3 Å². The predicted octanol–water partition coefficient (Wildman–Crippen LogP) is 5.15. The van der Waals surface area contributed by atoms with Gasteiger partial charge in [-0.05, 0) is 42.8 Å². The number of aromatic nitrogens is 1. The summed E-state index contributed by atoms with van der Waals surface area (Å²) in [6, 6.07) is 14.1. The van der Waals surface area contributed by atoms with Gasteiger partial charge >= 0.3 is 0 Å². The molecular weight excluding hydrogens is 400 g/mol. The van der Waals surface area contributed by atoms with Crippen molar-refractivity contribution in [1.82, 2.24) is 10.1 Å². The van der Waals surface area contributed by atoms with Crippen LogP contribution < -0.4 is 0 Å². The third-order valence-electron chi connectivity index (χ3n) is 3.60. The number of amides is 1. The van der Waals surface area contributed by atoms with E-state index in [9.17, 15) is 4.79 Å². The zero-order valence-corrected chi connectivity index (χ0v) is 16.3. The molecule has 128 valence electrons. The Balaban J connectivity index is 1.63. The molecule has 0 spiro atoms. The molecular formula is C19H17BrN2O2S. The molecule has 0 saturated carbocycles. The smallest absolute Gasteiger partial charge is 0.246 e. The highest BCUT2D eigenvalue weighted by molar-refractivity contribution is 9.10. The van der Waals surface area contributed by atoms with Crippen LogP contribution in [0.25, 0.3) is 16.5 Å².